The minimum absolute atomic E-state index is 0.0478. The summed E-state index contributed by atoms with van der Waals surface area (Å²) in [6.07, 6.45) is 4.56. The SMILES string of the molecule is CC(C)c1ccc2nc(CC(C)(C)c3cc4ccncc4[nH]3)[nH]c2c1. The number of fused-ring (bicyclic) bond motifs is 2. The Morgan fingerprint density at radius 3 is 2.64 bits per heavy atom. The number of imidazole rings is 1. The van der Waals surface area contributed by atoms with Crippen LogP contribution in [0.15, 0.2) is 42.7 Å². The zero-order valence-electron chi connectivity index (χ0n) is 15.2. The minimum Gasteiger partial charge on any atom is -0.357 e. The number of hydrogen-bond acceptors (Lipinski definition) is 2. The monoisotopic (exact) mass is 332 g/mol. The third-order valence-corrected chi connectivity index (χ3v) is 4.98. The Labute approximate surface area is 147 Å². The third kappa shape index (κ3) is 2.93. The van der Waals surface area contributed by atoms with Gasteiger partial charge in [-0.3, -0.25) is 4.98 Å². The summed E-state index contributed by atoms with van der Waals surface area (Å²) in [5.74, 6) is 1.55. The fraction of sp³-hybridized carbons (Fsp3) is 0.333. The molecular weight excluding hydrogens is 308 g/mol. The van der Waals surface area contributed by atoms with Crippen molar-refractivity contribution in [3.8, 4) is 0 Å². The molecule has 0 aliphatic rings. The first kappa shape index (κ1) is 15.9. The molecule has 0 saturated carbocycles. The summed E-state index contributed by atoms with van der Waals surface area (Å²) < 4.78 is 0. The van der Waals surface area contributed by atoms with E-state index < -0.39 is 0 Å². The van der Waals surface area contributed by atoms with Gasteiger partial charge in [-0.1, -0.05) is 33.8 Å². The molecule has 0 unspecified atom stereocenters. The molecule has 0 saturated heterocycles. The lowest BCUT2D eigenvalue weighted by Gasteiger charge is -2.22. The zero-order chi connectivity index (χ0) is 17.6. The molecule has 3 heterocycles. The van der Waals surface area contributed by atoms with E-state index in [1.807, 2.05) is 18.5 Å². The van der Waals surface area contributed by atoms with Crippen LogP contribution < -0.4 is 0 Å². The van der Waals surface area contributed by atoms with E-state index in [-0.39, 0.29) is 5.41 Å². The van der Waals surface area contributed by atoms with Gasteiger partial charge < -0.3 is 9.97 Å². The number of rotatable bonds is 4. The van der Waals surface area contributed by atoms with Crippen LogP contribution in [0.4, 0.5) is 0 Å². The number of H-pyrrole nitrogens is 2. The Morgan fingerprint density at radius 1 is 1.04 bits per heavy atom. The molecule has 0 bridgehead atoms. The normalized spacial score (nSPS) is 12.5. The average Bonchev–Trinajstić information content (AvgIpc) is 3.16. The molecule has 128 valence electrons. The van der Waals surface area contributed by atoms with Crippen molar-refractivity contribution in [2.24, 2.45) is 0 Å². The minimum atomic E-state index is -0.0478. The highest BCUT2D eigenvalue weighted by Gasteiger charge is 2.25. The molecule has 25 heavy (non-hydrogen) atoms. The summed E-state index contributed by atoms with van der Waals surface area (Å²) in [6.45, 7) is 8.92. The van der Waals surface area contributed by atoms with Gasteiger partial charge in [0.05, 0.1) is 22.7 Å². The van der Waals surface area contributed by atoms with Gasteiger partial charge in [-0.25, -0.2) is 4.98 Å². The van der Waals surface area contributed by atoms with Gasteiger partial charge in [0.15, 0.2) is 0 Å². The van der Waals surface area contributed by atoms with E-state index in [1.54, 1.807) is 0 Å². The van der Waals surface area contributed by atoms with Crippen LogP contribution in [0.2, 0.25) is 0 Å². The van der Waals surface area contributed by atoms with Gasteiger partial charge in [-0.05, 0) is 35.7 Å². The zero-order valence-corrected chi connectivity index (χ0v) is 15.2. The highest BCUT2D eigenvalue weighted by Crippen LogP contribution is 2.30. The van der Waals surface area contributed by atoms with Crippen molar-refractivity contribution in [1.82, 2.24) is 19.9 Å². The Bertz CT molecular complexity index is 1000. The number of aromatic nitrogens is 4. The Kier molecular flexibility index (Phi) is 3.64. The van der Waals surface area contributed by atoms with Crippen molar-refractivity contribution in [1.29, 1.82) is 0 Å². The highest BCUT2D eigenvalue weighted by molar-refractivity contribution is 5.79. The maximum atomic E-state index is 4.80. The first-order valence-corrected chi connectivity index (χ1v) is 8.84. The molecule has 0 amide bonds. The molecule has 3 aromatic heterocycles. The van der Waals surface area contributed by atoms with Gasteiger partial charge in [0, 0.05) is 29.1 Å². The largest absolute Gasteiger partial charge is 0.357 e. The highest BCUT2D eigenvalue weighted by atomic mass is 14.9. The molecule has 0 aliphatic heterocycles. The van der Waals surface area contributed by atoms with Crippen molar-refractivity contribution in [2.45, 2.75) is 45.4 Å². The number of pyridine rings is 1. The second-order valence-electron chi connectivity index (χ2n) is 7.82. The van der Waals surface area contributed by atoms with E-state index in [9.17, 15) is 0 Å². The van der Waals surface area contributed by atoms with Gasteiger partial charge >= 0.3 is 0 Å². The van der Waals surface area contributed by atoms with Gasteiger partial charge in [-0.2, -0.15) is 0 Å². The van der Waals surface area contributed by atoms with Crippen LogP contribution in [0.5, 0.6) is 0 Å². The fourth-order valence-corrected chi connectivity index (χ4v) is 3.37. The maximum absolute atomic E-state index is 4.80. The van der Waals surface area contributed by atoms with Crippen molar-refractivity contribution in [3.05, 3.63) is 59.8 Å². The van der Waals surface area contributed by atoms with E-state index in [1.165, 1.54) is 16.6 Å². The molecule has 0 radical (unpaired) electrons. The molecule has 0 spiro atoms. The van der Waals surface area contributed by atoms with E-state index in [2.05, 4.69) is 66.9 Å². The molecule has 4 aromatic rings. The quantitative estimate of drug-likeness (QED) is 0.547. The maximum Gasteiger partial charge on any atom is 0.108 e. The lowest BCUT2D eigenvalue weighted by atomic mass is 9.85. The molecular formula is C21H24N4. The van der Waals surface area contributed by atoms with Gasteiger partial charge in [0.1, 0.15) is 5.82 Å². The Balaban J connectivity index is 1.66. The van der Waals surface area contributed by atoms with E-state index in [4.69, 9.17) is 4.98 Å². The third-order valence-electron chi connectivity index (χ3n) is 4.98. The van der Waals surface area contributed by atoms with Crippen LogP contribution in [0.3, 0.4) is 0 Å². The van der Waals surface area contributed by atoms with Crippen LogP contribution >= 0.6 is 0 Å². The summed E-state index contributed by atoms with van der Waals surface area (Å²) in [5, 5.41) is 1.20. The van der Waals surface area contributed by atoms with Crippen molar-refractivity contribution in [2.75, 3.05) is 0 Å². The molecule has 1 aromatic carbocycles. The van der Waals surface area contributed by atoms with Gasteiger partial charge in [0.2, 0.25) is 0 Å². The summed E-state index contributed by atoms with van der Waals surface area (Å²) in [6, 6.07) is 10.8. The summed E-state index contributed by atoms with van der Waals surface area (Å²) in [4.78, 5) is 16.0. The van der Waals surface area contributed by atoms with Crippen molar-refractivity contribution in [3.63, 3.8) is 0 Å². The molecule has 2 N–H and O–H groups in total. The van der Waals surface area contributed by atoms with E-state index in [0.29, 0.717) is 5.92 Å². The number of benzene rings is 1. The van der Waals surface area contributed by atoms with Crippen molar-refractivity contribution >= 4 is 21.9 Å². The van der Waals surface area contributed by atoms with Crippen LogP contribution in [-0.2, 0) is 11.8 Å². The lowest BCUT2D eigenvalue weighted by molar-refractivity contribution is 0.498. The van der Waals surface area contributed by atoms with E-state index >= 15 is 0 Å². The Morgan fingerprint density at radius 2 is 1.88 bits per heavy atom. The number of hydrogen-bond donors (Lipinski definition) is 2. The van der Waals surface area contributed by atoms with Gasteiger partial charge in [0.25, 0.3) is 0 Å². The average molecular weight is 332 g/mol. The molecule has 0 aliphatic carbocycles. The molecule has 0 atom stereocenters. The molecule has 4 heteroatoms. The lowest BCUT2D eigenvalue weighted by Crippen LogP contribution is -2.21. The number of nitrogens with zero attached hydrogens (tertiary/aromatic N) is 2. The predicted octanol–water partition coefficient (Wildman–Crippen LogP) is 5.08. The fourth-order valence-electron chi connectivity index (χ4n) is 3.37. The first-order chi connectivity index (χ1) is 11.9. The van der Waals surface area contributed by atoms with Crippen molar-refractivity contribution < 1.29 is 0 Å². The topological polar surface area (TPSA) is 57.4 Å². The Hall–Kier alpha value is -2.62. The second kappa shape index (κ2) is 5.73. The van der Waals surface area contributed by atoms with Crippen LogP contribution in [0.25, 0.3) is 21.9 Å². The molecule has 4 nitrogen and oxygen atoms in total. The van der Waals surface area contributed by atoms with Crippen LogP contribution in [0.1, 0.15) is 50.7 Å². The number of aromatic amines is 2. The van der Waals surface area contributed by atoms with Gasteiger partial charge in [-0.15, -0.1) is 0 Å². The summed E-state index contributed by atoms with van der Waals surface area (Å²) in [7, 11) is 0. The predicted molar refractivity (Wildman–Crippen MR) is 103 cm³/mol. The smallest absolute Gasteiger partial charge is 0.108 e. The molecule has 0 fully saturated rings. The first-order valence-electron chi connectivity index (χ1n) is 8.84. The summed E-state index contributed by atoms with van der Waals surface area (Å²) >= 11 is 0. The van der Waals surface area contributed by atoms with Crippen LogP contribution in [0, 0.1) is 0 Å². The molecule has 4 rings (SSSR count). The van der Waals surface area contributed by atoms with E-state index in [0.717, 1.165) is 28.8 Å². The summed E-state index contributed by atoms with van der Waals surface area (Å²) in [5.41, 5.74) is 5.74. The van der Waals surface area contributed by atoms with Crippen LogP contribution in [-0.4, -0.2) is 19.9 Å². The standard InChI is InChI=1S/C21H24N4/c1-13(2)14-5-6-16-17(9-14)25-20(24-16)11-21(3,4)19-10-15-7-8-22-12-18(15)23-19/h5-10,12-13,23H,11H2,1-4H3,(H,24,25). The second-order valence-corrected chi connectivity index (χ2v) is 7.82. The number of nitrogens with one attached hydrogen (secondary N) is 2.